The van der Waals surface area contributed by atoms with E-state index in [2.05, 4.69) is 169 Å². The molecule has 1 aliphatic carbocycles. The third kappa shape index (κ3) is 4.52. The standard InChI is InChI=1S/C46H37N3O/c1-29-12-11-19-36-38-27-34(22-25-42(38)50-44(29)36)46(2)28-39(32-16-7-4-8-17-32)47-45(48-46)49-40-24-21-31-15-9-10-18-35(31)43(40)37-23-20-33(26-41(37)49)30-13-5-3-6-14-30/h3-11,13-27,29,45,48H,12,28H2,1-2H3. The van der Waals surface area contributed by atoms with E-state index in [4.69, 9.17) is 9.41 Å². The molecule has 0 fully saturated rings. The van der Waals surface area contributed by atoms with Gasteiger partial charge in [0, 0.05) is 45.3 Å². The van der Waals surface area contributed by atoms with Gasteiger partial charge >= 0.3 is 0 Å². The van der Waals surface area contributed by atoms with Crippen LogP contribution in [0, 0.1) is 0 Å². The number of aliphatic imine (C=N–C) groups is 1. The molecule has 0 radical (unpaired) electrons. The summed E-state index contributed by atoms with van der Waals surface area (Å²) in [5.74, 6) is 1.47. The molecular formula is C46H37N3O. The van der Waals surface area contributed by atoms with Crippen LogP contribution < -0.4 is 5.32 Å². The minimum Gasteiger partial charge on any atom is -0.460 e. The highest BCUT2D eigenvalue weighted by Crippen LogP contribution is 2.43. The average molecular weight is 648 g/mol. The van der Waals surface area contributed by atoms with Gasteiger partial charge in [-0.05, 0) is 70.6 Å². The highest BCUT2D eigenvalue weighted by Gasteiger charge is 2.37. The predicted molar refractivity (Wildman–Crippen MR) is 208 cm³/mol. The van der Waals surface area contributed by atoms with Gasteiger partial charge in [0.15, 0.2) is 6.29 Å². The van der Waals surface area contributed by atoms with Crippen LogP contribution in [0.3, 0.4) is 0 Å². The summed E-state index contributed by atoms with van der Waals surface area (Å²) in [7, 11) is 0. The Labute approximate surface area is 291 Å². The van der Waals surface area contributed by atoms with Crippen molar-refractivity contribution in [3.8, 4) is 11.1 Å². The molecule has 4 nitrogen and oxygen atoms in total. The van der Waals surface area contributed by atoms with Gasteiger partial charge in [-0.25, -0.2) is 4.99 Å². The number of fused-ring (bicyclic) bond motifs is 8. The van der Waals surface area contributed by atoms with Crippen LogP contribution >= 0.6 is 0 Å². The summed E-state index contributed by atoms with van der Waals surface area (Å²) < 4.78 is 8.87. The SMILES string of the molecule is CC1CC=Cc2c1oc1ccc(C3(C)CC(c4ccccc4)=NC(n4c5cc(-c6ccccc6)ccc5c5c6ccccc6ccc54)N3)cc21. The van der Waals surface area contributed by atoms with E-state index in [0.29, 0.717) is 5.92 Å². The van der Waals surface area contributed by atoms with Crippen molar-refractivity contribution in [1.29, 1.82) is 0 Å². The van der Waals surface area contributed by atoms with Gasteiger partial charge < -0.3 is 8.98 Å². The largest absolute Gasteiger partial charge is 0.460 e. The molecule has 242 valence electrons. The summed E-state index contributed by atoms with van der Waals surface area (Å²) >= 11 is 0. The fourth-order valence-corrected chi connectivity index (χ4v) is 8.41. The van der Waals surface area contributed by atoms with Crippen molar-refractivity contribution < 1.29 is 4.42 Å². The zero-order valence-corrected chi connectivity index (χ0v) is 28.2. The average Bonchev–Trinajstić information content (AvgIpc) is 3.71. The number of allylic oxidation sites excluding steroid dienone is 1. The first-order valence-electron chi connectivity index (χ1n) is 17.7. The second-order valence-electron chi connectivity index (χ2n) is 14.2. The Balaban J connectivity index is 1.21. The Kier molecular flexibility index (Phi) is 6.52. The van der Waals surface area contributed by atoms with E-state index in [-0.39, 0.29) is 6.29 Å². The normalized spacial score (nSPS) is 20.5. The molecule has 0 spiro atoms. The molecule has 50 heavy (non-hydrogen) atoms. The summed E-state index contributed by atoms with van der Waals surface area (Å²) in [6, 6.07) is 48.3. The number of aromatic nitrogens is 1. The first kappa shape index (κ1) is 29.2. The van der Waals surface area contributed by atoms with Crippen molar-refractivity contribution >= 4 is 55.3 Å². The predicted octanol–water partition coefficient (Wildman–Crippen LogP) is 11.7. The van der Waals surface area contributed by atoms with Crippen LogP contribution in [-0.2, 0) is 5.54 Å². The van der Waals surface area contributed by atoms with Crippen LogP contribution in [0.4, 0.5) is 0 Å². The first-order chi connectivity index (χ1) is 24.5. The molecular weight excluding hydrogens is 611 g/mol. The molecule has 10 rings (SSSR count). The van der Waals surface area contributed by atoms with E-state index in [1.807, 2.05) is 0 Å². The van der Waals surface area contributed by atoms with Crippen molar-refractivity contribution in [3.05, 3.63) is 162 Å². The van der Waals surface area contributed by atoms with E-state index in [9.17, 15) is 0 Å². The zero-order valence-electron chi connectivity index (χ0n) is 28.2. The quantitative estimate of drug-likeness (QED) is 0.207. The van der Waals surface area contributed by atoms with Crippen molar-refractivity contribution in [1.82, 2.24) is 9.88 Å². The molecule has 1 aliphatic heterocycles. The molecule has 2 aromatic heterocycles. The Morgan fingerprint density at radius 3 is 2.34 bits per heavy atom. The van der Waals surface area contributed by atoms with Crippen LogP contribution in [0.25, 0.3) is 60.8 Å². The number of hydrogen-bond acceptors (Lipinski definition) is 3. The summed E-state index contributed by atoms with van der Waals surface area (Å²) in [5, 5.41) is 10.3. The molecule has 0 saturated heterocycles. The van der Waals surface area contributed by atoms with E-state index < -0.39 is 5.54 Å². The smallest absolute Gasteiger partial charge is 0.181 e. The number of hydrogen-bond donors (Lipinski definition) is 1. The minimum atomic E-state index is -0.420. The number of rotatable bonds is 4. The maximum atomic E-state index is 6.43. The van der Waals surface area contributed by atoms with Gasteiger partial charge in [-0.1, -0.05) is 128 Å². The van der Waals surface area contributed by atoms with Gasteiger partial charge in [-0.3, -0.25) is 5.32 Å². The van der Waals surface area contributed by atoms with Crippen LogP contribution in [0.2, 0.25) is 0 Å². The molecule has 3 atom stereocenters. The molecule has 0 amide bonds. The van der Waals surface area contributed by atoms with E-state index in [1.165, 1.54) is 54.7 Å². The molecule has 3 heterocycles. The molecule has 2 aliphatic rings. The van der Waals surface area contributed by atoms with Crippen LogP contribution in [0.15, 0.2) is 149 Å². The van der Waals surface area contributed by atoms with E-state index in [0.717, 1.165) is 41.0 Å². The monoisotopic (exact) mass is 647 g/mol. The summed E-state index contributed by atoms with van der Waals surface area (Å²) in [4.78, 5) is 5.57. The number of benzene rings is 6. The van der Waals surface area contributed by atoms with Crippen molar-refractivity contribution in [2.75, 3.05) is 0 Å². The van der Waals surface area contributed by atoms with Gasteiger partial charge in [0.25, 0.3) is 0 Å². The zero-order chi connectivity index (χ0) is 33.4. The summed E-state index contributed by atoms with van der Waals surface area (Å²) in [6.45, 7) is 4.59. The maximum absolute atomic E-state index is 6.43. The third-order valence-corrected chi connectivity index (χ3v) is 11.0. The topological polar surface area (TPSA) is 42.5 Å². The lowest BCUT2D eigenvalue weighted by Crippen LogP contribution is -2.48. The third-order valence-electron chi connectivity index (χ3n) is 11.0. The lowest BCUT2D eigenvalue weighted by atomic mass is 9.82. The highest BCUT2D eigenvalue weighted by atomic mass is 16.3. The summed E-state index contributed by atoms with van der Waals surface area (Å²) in [6.07, 6.45) is 5.93. The Hall–Kier alpha value is -5.71. The number of furan rings is 1. The van der Waals surface area contributed by atoms with Gasteiger partial charge in [-0.15, -0.1) is 0 Å². The molecule has 0 bridgehead atoms. The molecule has 6 aromatic carbocycles. The van der Waals surface area contributed by atoms with Gasteiger partial charge in [0.1, 0.15) is 11.3 Å². The second-order valence-corrected chi connectivity index (χ2v) is 14.2. The minimum absolute atomic E-state index is 0.356. The summed E-state index contributed by atoms with van der Waals surface area (Å²) in [5.41, 5.74) is 9.94. The fraction of sp³-hybridized carbons (Fsp3) is 0.152. The molecule has 4 heteroatoms. The van der Waals surface area contributed by atoms with E-state index in [1.54, 1.807) is 0 Å². The second kappa shape index (κ2) is 11.2. The lowest BCUT2D eigenvalue weighted by Gasteiger charge is -2.40. The van der Waals surface area contributed by atoms with Gasteiger partial charge in [-0.2, -0.15) is 0 Å². The lowest BCUT2D eigenvalue weighted by molar-refractivity contribution is 0.267. The molecule has 8 aromatic rings. The Bertz CT molecular complexity index is 2660. The fourth-order valence-electron chi connectivity index (χ4n) is 8.41. The van der Waals surface area contributed by atoms with E-state index >= 15 is 0 Å². The molecule has 0 saturated carbocycles. The van der Waals surface area contributed by atoms with Crippen molar-refractivity contribution in [2.45, 2.75) is 44.4 Å². The maximum Gasteiger partial charge on any atom is 0.181 e. The van der Waals surface area contributed by atoms with Gasteiger partial charge in [0.05, 0.1) is 11.0 Å². The first-order valence-corrected chi connectivity index (χ1v) is 17.7. The number of nitrogens with one attached hydrogen (secondary N) is 1. The Morgan fingerprint density at radius 2 is 1.50 bits per heavy atom. The van der Waals surface area contributed by atoms with Crippen LogP contribution in [0.5, 0.6) is 0 Å². The Morgan fingerprint density at radius 1 is 0.720 bits per heavy atom. The molecule has 1 N–H and O–H groups in total. The number of nitrogens with zero attached hydrogens (tertiary/aromatic N) is 2. The van der Waals surface area contributed by atoms with Crippen molar-refractivity contribution in [2.24, 2.45) is 4.99 Å². The van der Waals surface area contributed by atoms with Gasteiger partial charge in [0.2, 0.25) is 0 Å². The van der Waals surface area contributed by atoms with Crippen LogP contribution in [-0.4, -0.2) is 10.3 Å². The van der Waals surface area contributed by atoms with Crippen molar-refractivity contribution in [3.63, 3.8) is 0 Å². The highest BCUT2D eigenvalue weighted by molar-refractivity contribution is 6.21. The van der Waals surface area contributed by atoms with Crippen LogP contribution in [0.1, 0.15) is 61.3 Å². The molecule has 3 unspecified atom stereocenters.